The summed E-state index contributed by atoms with van der Waals surface area (Å²) in [4.78, 5) is 23.5. The van der Waals surface area contributed by atoms with Gasteiger partial charge >= 0.3 is 5.97 Å². The van der Waals surface area contributed by atoms with Gasteiger partial charge in [-0.15, -0.1) is 0 Å². The lowest BCUT2D eigenvalue weighted by atomic mass is 10.1. The molecule has 0 aliphatic rings. The van der Waals surface area contributed by atoms with Crippen molar-refractivity contribution in [1.29, 1.82) is 0 Å². The first-order valence-electron chi connectivity index (χ1n) is 5.99. The number of aryl methyl sites for hydroxylation is 1. The van der Waals surface area contributed by atoms with E-state index in [0.717, 1.165) is 10.0 Å². The fourth-order valence-electron chi connectivity index (χ4n) is 1.75. The summed E-state index contributed by atoms with van der Waals surface area (Å²) in [5, 5.41) is 11.8. The van der Waals surface area contributed by atoms with Gasteiger partial charge in [0.05, 0.1) is 11.3 Å². The van der Waals surface area contributed by atoms with E-state index in [4.69, 9.17) is 0 Å². The quantitative estimate of drug-likeness (QED) is 0.781. The van der Waals surface area contributed by atoms with Crippen LogP contribution in [0.25, 0.3) is 0 Å². The molecule has 1 amide bonds. The topological polar surface area (TPSA) is 66.4 Å². The standard InChI is InChI=1S/C15H11Br2NO3/c1-8-5-6-9(7-12(8)17)14(19)18-13-10(15(20)21)3-2-4-11(13)16/h2-7H,1H3,(H,18,19)(H,20,21). The van der Waals surface area contributed by atoms with Crippen LogP contribution in [0.2, 0.25) is 0 Å². The van der Waals surface area contributed by atoms with Crippen molar-refractivity contribution in [2.24, 2.45) is 0 Å². The maximum absolute atomic E-state index is 12.3. The Morgan fingerprint density at radius 1 is 1.10 bits per heavy atom. The van der Waals surface area contributed by atoms with Crippen LogP contribution in [0, 0.1) is 6.92 Å². The lowest BCUT2D eigenvalue weighted by Gasteiger charge is -2.11. The Morgan fingerprint density at radius 2 is 1.81 bits per heavy atom. The monoisotopic (exact) mass is 411 g/mol. The number of anilines is 1. The van der Waals surface area contributed by atoms with Gasteiger partial charge in [0.2, 0.25) is 0 Å². The van der Waals surface area contributed by atoms with Gasteiger partial charge in [-0.1, -0.05) is 28.1 Å². The SMILES string of the molecule is Cc1ccc(C(=O)Nc2c(Br)cccc2C(=O)O)cc1Br. The number of halogens is 2. The predicted octanol–water partition coefficient (Wildman–Crippen LogP) is 4.47. The molecule has 0 radical (unpaired) electrons. The second-order valence-electron chi connectivity index (χ2n) is 4.39. The molecule has 0 heterocycles. The van der Waals surface area contributed by atoms with E-state index in [2.05, 4.69) is 37.2 Å². The van der Waals surface area contributed by atoms with Gasteiger partial charge in [-0.05, 0) is 52.7 Å². The minimum atomic E-state index is -1.10. The maximum Gasteiger partial charge on any atom is 0.337 e. The van der Waals surface area contributed by atoms with Crippen LogP contribution < -0.4 is 5.32 Å². The van der Waals surface area contributed by atoms with Gasteiger partial charge in [0, 0.05) is 14.5 Å². The molecule has 2 rings (SSSR count). The van der Waals surface area contributed by atoms with Crippen molar-refractivity contribution in [2.75, 3.05) is 5.32 Å². The summed E-state index contributed by atoms with van der Waals surface area (Å²) in [6.45, 7) is 1.92. The molecule has 0 aliphatic heterocycles. The van der Waals surface area contributed by atoms with E-state index in [9.17, 15) is 14.7 Å². The molecule has 6 heteroatoms. The average Bonchev–Trinajstić information content (AvgIpc) is 2.43. The molecule has 0 fully saturated rings. The highest BCUT2D eigenvalue weighted by atomic mass is 79.9. The number of rotatable bonds is 3. The number of amides is 1. The number of carboxylic acid groups (broad SMARTS) is 1. The first kappa shape index (κ1) is 15.7. The van der Waals surface area contributed by atoms with Gasteiger partial charge < -0.3 is 10.4 Å². The number of nitrogens with one attached hydrogen (secondary N) is 1. The van der Waals surface area contributed by atoms with Crippen LogP contribution in [0.1, 0.15) is 26.3 Å². The molecule has 2 N–H and O–H groups in total. The second kappa shape index (κ2) is 6.41. The van der Waals surface area contributed by atoms with Crippen LogP contribution in [0.15, 0.2) is 45.3 Å². The Labute approximate surface area is 138 Å². The fourth-order valence-corrected chi connectivity index (χ4v) is 2.59. The summed E-state index contributed by atoms with van der Waals surface area (Å²) in [6.07, 6.45) is 0. The molecule has 21 heavy (non-hydrogen) atoms. The molecule has 0 bridgehead atoms. The first-order chi connectivity index (χ1) is 9.90. The van der Waals surface area contributed by atoms with Gasteiger partial charge in [0.1, 0.15) is 0 Å². The molecule has 108 valence electrons. The largest absolute Gasteiger partial charge is 0.478 e. The van der Waals surface area contributed by atoms with E-state index < -0.39 is 5.97 Å². The van der Waals surface area contributed by atoms with Crippen LogP contribution in [0.5, 0.6) is 0 Å². The summed E-state index contributed by atoms with van der Waals surface area (Å²) >= 11 is 6.62. The number of hydrogen-bond donors (Lipinski definition) is 2. The summed E-state index contributed by atoms with van der Waals surface area (Å²) in [6, 6.07) is 9.92. The summed E-state index contributed by atoms with van der Waals surface area (Å²) in [5.74, 6) is -1.47. The van der Waals surface area contributed by atoms with Crippen LogP contribution in [0.4, 0.5) is 5.69 Å². The van der Waals surface area contributed by atoms with Crippen LogP contribution >= 0.6 is 31.9 Å². The third-order valence-corrected chi connectivity index (χ3v) is 4.43. The van der Waals surface area contributed by atoms with Crippen molar-refractivity contribution in [3.8, 4) is 0 Å². The fraction of sp³-hybridized carbons (Fsp3) is 0.0667. The highest BCUT2D eigenvalue weighted by Crippen LogP contribution is 2.27. The highest BCUT2D eigenvalue weighted by molar-refractivity contribution is 9.10. The minimum absolute atomic E-state index is 0.0314. The molecule has 0 saturated heterocycles. The highest BCUT2D eigenvalue weighted by Gasteiger charge is 2.16. The van der Waals surface area contributed by atoms with Gasteiger partial charge in [-0.25, -0.2) is 4.79 Å². The van der Waals surface area contributed by atoms with Gasteiger partial charge in [0.15, 0.2) is 0 Å². The first-order valence-corrected chi connectivity index (χ1v) is 7.58. The molecular formula is C15H11Br2NO3. The van der Waals surface area contributed by atoms with Crippen molar-refractivity contribution in [1.82, 2.24) is 0 Å². The summed E-state index contributed by atoms with van der Waals surface area (Å²) in [5.41, 5.74) is 1.73. The Morgan fingerprint density at radius 3 is 2.43 bits per heavy atom. The summed E-state index contributed by atoms with van der Waals surface area (Å²) < 4.78 is 1.34. The lowest BCUT2D eigenvalue weighted by Crippen LogP contribution is -2.15. The smallest absolute Gasteiger partial charge is 0.337 e. The van der Waals surface area contributed by atoms with E-state index in [1.807, 2.05) is 13.0 Å². The van der Waals surface area contributed by atoms with E-state index in [0.29, 0.717) is 10.0 Å². The van der Waals surface area contributed by atoms with Crippen molar-refractivity contribution in [3.63, 3.8) is 0 Å². The Kier molecular flexibility index (Phi) is 4.80. The van der Waals surface area contributed by atoms with Crippen molar-refractivity contribution >= 4 is 49.4 Å². The molecule has 0 unspecified atom stereocenters. The Hall–Kier alpha value is -1.66. The molecular weight excluding hydrogens is 402 g/mol. The van der Waals surface area contributed by atoms with Gasteiger partial charge in [-0.2, -0.15) is 0 Å². The average molecular weight is 413 g/mol. The number of carbonyl (C=O) groups excluding carboxylic acids is 1. The maximum atomic E-state index is 12.3. The number of carbonyl (C=O) groups is 2. The van der Waals surface area contributed by atoms with E-state index in [-0.39, 0.29) is 17.2 Å². The second-order valence-corrected chi connectivity index (χ2v) is 6.09. The predicted molar refractivity (Wildman–Crippen MR) is 87.9 cm³/mol. The Bertz CT molecular complexity index is 729. The number of carboxylic acids is 1. The minimum Gasteiger partial charge on any atom is -0.478 e. The molecule has 0 spiro atoms. The van der Waals surface area contributed by atoms with Crippen LogP contribution in [-0.4, -0.2) is 17.0 Å². The molecule has 4 nitrogen and oxygen atoms in total. The molecule has 2 aromatic carbocycles. The van der Waals surface area contributed by atoms with Crippen molar-refractivity contribution in [3.05, 3.63) is 62.0 Å². The molecule has 2 aromatic rings. The van der Waals surface area contributed by atoms with Crippen molar-refractivity contribution in [2.45, 2.75) is 6.92 Å². The zero-order valence-corrected chi connectivity index (χ0v) is 14.2. The van der Waals surface area contributed by atoms with Gasteiger partial charge in [-0.3, -0.25) is 4.79 Å². The third kappa shape index (κ3) is 3.51. The number of hydrogen-bond acceptors (Lipinski definition) is 2. The van der Waals surface area contributed by atoms with E-state index in [1.54, 1.807) is 24.3 Å². The number of benzene rings is 2. The third-order valence-electron chi connectivity index (χ3n) is 2.92. The van der Waals surface area contributed by atoms with Crippen LogP contribution in [0.3, 0.4) is 0 Å². The molecule has 0 atom stereocenters. The zero-order valence-electron chi connectivity index (χ0n) is 11.0. The van der Waals surface area contributed by atoms with E-state index >= 15 is 0 Å². The van der Waals surface area contributed by atoms with Gasteiger partial charge in [0.25, 0.3) is 5.91 Å². The summed E-state index contributed by atoms with van der Waals surface area (Å²) in [7, 11) is 0. The molecule has 0 saturated carbocycles. The zero-order chi connectivity index (χ0) is 15.6. The van der Waals surface area contributed by atoms with E-state index in [1.165, 1.54) is 6.07 Å². The van der Waals surface area contributed by atoms with Crippen LogP contribution in [-0.2, 0) is 0 Å². The normalized spacial score (nSPS) is 10.2. The molecule has 0 aliphatic carbocycles. The number of aromatic carboxylic acids is 1. The lowest BCUT2D eigenvalue weighted by molar-refractivity contribution is 0.0698. The molecule has 0 aromatic heterocycles. The number of para-hydroxylation sites is 1. The van der Waals surface area contributed by atoms with Crippen molar-refractivity contribution < 1.29 is 14.7 Å². The Balaban J connectivity index is 2.36.